The molecule has 6 rings (SSSR count). The number of ether oxygens (including phenoxy) is 1. The summed E-state index contributed by atoms with van der Waals surface area (Å²) >= 11 is 0.782. The van der Waals surface area contributed by atoms with Crippen LogP contribution in [-0.4, -0.2) is 56.3 Å². The fraction of sp³-hybridized carbons (Fsp3) is 0.194. The van der Waals surface area contributed by atoms with Gasteiger partial charge >= 0.3 is 5.97 Å². The van der Waals surface area contributed by atoms with Crippen LogP contribution >= 0.6 is 11.9 Å². The van der Waals surface area contributed by atoms with Crippen LogP contribution in [0.25, 0.3) is 11.1 Å². The van der Waals surface area contributed by atoms with Crippen molar-refractivity contribution < 1.29 is 28.7 Å². The molecular formula is C31H27N3O6S. The minimum Gasteiger partial charge on any atom is -0.459 e. The van der Waals surface area contributed by atoms with E-state index in [1.165, 1.54) is 23.0 Å². The maximum Gasteiger partial charge on any atom is 0.333 e. The molecule has 10 heteroatoms. The topological polar surface area (TPSA) is 113 Å². The van der Waals surface area contributed by atoms with Crippen molar-refractivity contribution in [3.8, 4) is 11.1 Å². The number of esters is 1. The average molecular weight is 570 g/mol. The summed E-state index contributed by atoms with van der Waals surface area (Å²) in [4.78, 5) is 64.8. The lowest BCUT2D eigenvalue weighted by Gasteiger charge is -2.49. The number of β-lactam (4-membered cyclic amide) rings is 1. The van der Waals surface area contributed by atoms with Gasteiger partial charge in [0.2, 0.25) is 11.8 Å². The van der Waals surface area contributed by atoms with E-state index in [1.807, 2.05) is 18.2 Å². The number of fused-ring (bicyclic) bond motifs is 2. The number of hydrogen-bond donors (Lipinski definition) is 1. The number of carbonyl (C=O) groups excluding carboxylic acids is 5. The number of likely N-dealkylation sites (tertiary alicyclic amines) is 1. The first-order valence-corrected chi connectivity index (χ1v) is 13.7. The Kier molecular flexibility index (Phi) is 7.76. The predicted octanol–water partition coefficient (Wildman–Crippen LogP) is 3.96. The standard InChI is InChI=1S/C25H23N3O6S.C6H4/c1-14(2)20(25(33)34-13-16-9-5-4-6-10-16)27-23(32)19(26-15(3)29)24(27)35-28-21(30)17-11-7-8-12-18(17)22(28)31;1-2-5-4-6(5)3-1/h4-12,19-20,24H,1,13H2,2-3H3,(H,26,29);1-4H. The van der Waals surface area contributed by atoms with E-state index in [9.17, 15) is 24.0 Å². The predicted molar refractivity (Wildman–Crippen MR) is 153 cm³/mol. The number of benzene rings is 3. The van der Waals surface area contributed by atoms with Crippen LogP contribution in [0, 0.1) is 0 Å². The second kappa shape index (κ2) is 11.4. The number of imide groups is 1. The van der Waals surface area contributed by atoms with E-state index >= 15 is 0 Å². The molecule has 0 bridgehead atoms. The van der Waals surface area contributed by atoms with Gasteiger partial charge < -0.3 is 15.0 Å². The van der Waals surface area contributed by atoms with Crippen molar-refractivity contribution in [3.05, 3.63) is 108 Å². The molecule has 0 spiro atoms. The zero-order chi connectivity index (χ0) is 29.3. The smallest absolute Gasteiger partial charge is 0.333 e. The van der Waals surface area contributed by atoms with E-state index in [0.717, 1.165) is 21.8 Å². The Balaban J connectivity index is 0.000000490. The van der Waals surface area contributed by atoms with Gasteiger partial charge in [-0.3, -0.25) is 19.2 Å². The highest BCUT2D eigenvalue weighted by atomic mass is 32.2. The van der Waals surface area contributed by atoms with Crippen molar-refractivity contribution >= 4 is 41.5 Å². The molecule has 2 heterocycles. The van der Waals surface area contributed by atoms with E-state index in [-0.39, 0.29) is 17.7 Å². The normalized spacial score (nSPS) is 18.4. The first-order valence-electron chi connectivity index (χ1n) is 12.9. The molecule has 2 aliphatic heterocycles. The van der Waals surface area contributed by atoms with Crippen LogP contribution in [0.15, 0.2) is 91.0 Å². The van der Waals surface area contributed by atoms with E-state index in [1.54, 1.807) is 43.3 Å². The molecule has 2 aliphatic carbocycles. The second-order valence-electron chi connectivity index (χ2n) is 9.79. The average Bonchev–Trinajstić information content (AvgIpc) is 3.49. The van der Waals surface area contributed by atoms with Crippen molar-refractivity contribution in [1.82, 2.24) is 14.5 Å². The Labute approximate surface area is 241 Å². The molecule has 3 atom stereocenters. The molecular weight excluding hydrogens is 542 g/mol. The summed E-state index contributed by atoms with van der Waals surface area (Å²) in [6, 6.07) is 21.7. The Hall–Kier alpha value is -4.70. The molecule has 0 saturated carbocycles. The molecule has 4 aliphatic rings. The molecule has 9 nitrogen and oxygen atoms in total. The van der Waals surface area contributed by atoms with Crippen LogP contribution in [0.1, 0.15) is 40.1 Å². The molecule has 0 aromatic heterocycles. The highest BCUT2D eigenvalue weighted by molar-refractivity contribution is 7.98. The van der Waals surface area contributed by atoms with Crippen LogP contribution in [0.4, 0.5) is 0 Å². The Morgan fingerprint density at radius 1 is 0.902 bits per heavy atom. The van der Waals surface area contributed by atoms with Crippen molar-refractivity contribution in [3.63, 3.8) is 0 Å². The van der Waals surface area contributed by atoms with Crippen LogP contribution in [0.2, 0.25) is 0 Å². The van der Waals surface area contributed by atoms with E-state index < -0.39 is 47.1 Å². The van der Waals surface area contributed by atoms with Gasteiger partial charge in [-0.2, -0.15) is 0 Å². The fourth-order valence-corrected chi connectivity index (χ4v) is 5.87. The van der Waals surface area contributed by atoms with Crippen LogP contribution in [0.3, 0.4) is 0 Å². The molecule has 4 amide bonds. The Morgan fingerprint density at radius 2 is 1.49 bits per heavy atom. The third-order valence-electron chi connectivity index (χ3n) is 6.71. The number of nitrogens with one attached hydrogen (secondary N) is 1. The number of carbonyl (C=O) groups is 5. The first-order chi connectivity index (χ1) is 19.7. The molecule has 1 N–H and O–H groups in total. The van der Waals surface area contributed by atoms with Gasteiger partial charge in [0.15, 0.2) is 6.04 Å². The van der Waals surface area contributed by atoms with E-state index in [4.69, 9.17) is 4.74 Å². The van der Waals surface area contributed by atoms with Crippen LogP contribution in [0.5, 0.6) is 0 Å². The summed E-state index contributed by atoms with van der Waals surface area (Å²) in [6.07, 6.45) is 0. The molecule has 0 radical (unpaired) electrons. The van der Waals surface area contributed by atoms with Gasteiger partial charge in [0, 0.05) is 6.92 Å². The molecule has 41 heavy (non-hydrogen) atoms. The third kappa shape index (κ3) is 5.64. The minimum atomic E-state index is -1.16. The van der Waals surface area contributed by atoms with Crippen molar-refractivity contribution in [2.45, 2.75) is 37.9 Å². The Bertz CT molecular complexity index is 1520. The zero-order valence-electron chi connectivity index (χ0n) is 22.4. The molecule has 2 aromatic carbocycles. The minimum absolute atomic E-state index is 0.00315. The quantitative estimate of drug-likeness (QED) is 0.112. The van der Waals surface area contributed by atoms with Gasteiger partial charge in [0.05, 0.1) is 11.1 Å². The van der Waals surface area contributed by atoms with Crippen molar-refractivity contribution in [1.29, 1.82) is 0 Å². The number of hydrogen-bond acceptors (Lipinski definition) is 7. The lowest BCUT2D eigenvalue weighted by molar-refractivity contribution is -0.163. The highest BCUT2D eigenvalue weighted by Crippen LogP contribution is 2.39. The maximum atomic E-state index is 13.0. The molecule has 2 aromatic rings. The van der Waals surface area contributed by atoms with Crippen molar-refractivity contribution in [2.24, 2.45) is 0 Å². The number of amides is 4. The Morgan fingerprint density at radius 3 is 1.98 bits per heavy atom. The monoisotopic (exact) mass is 569 g/mol. The third-order valence-corrected chi connectivity index (χ3v) is 7.97. The summed E-state index contributed by atoms with van der Waals surface area (Å²) < 4.78 is 6.40. The number of rotatable bonds is 8. The maximum absolute atomic E-state index is 13.0. The second-order valence-corrected chi connectivity index (χ2v) is 10.9. The van der Waals surface area contributed by atoms with Gasteiger partial charge in [0.25, 0.3) is 11.8 Å². The summed E-state index contributed by atoms with van der Waals surface area (Å²) in [7, 11) is 0. The van der Waals surface area contributed by atoms with Gasteiger partial charge in [0.1, 0.15) is 18.0 Å². The summed E-state index contributed by atoms with van der Waals surface area (Å²) in [6.45, 7) is 6.68. The van der Waals surface area contributed by atoms with Crippen molar-refractivity contribution in [2.75, 3.05) is 0 Å². The summed E-state index contributed by atoms with van der Waals surface area (Å²) in [5.41, 5.74) is 4.45. The first kappa shape index (κ1) is 27.9. The summed E-state index contributed by atoms with van der Waals surface area (Å²) in [5, 5.41) is 1.63. The SMILES string of the molecule is C=C(C)C(C(=O)OCc1ccccc1)N1C(=O)C(NC(C)=O)C1SN1C(=O)c2ccccc2C1=O.c1cc2cc-2c1. The molecule has 208 valence electrons. The van der Waals surface area contributed by atoms with E-state index in [0.29, 0.717) is 5.57 Å². The molecule has 1 fully saturated rings. The van der Waals surface area contributed by atoms with Gasteiger partial charge in [-0.1, -0.05) is 67.2 Å². The lowest BCUT2D eigenvalue weighted by Crippen LogP contribution is -2.73. The van der Waals surface area contributed by atoms with Gasteiger partial charge in [-0.15, -0.1) is 0 Å². The highest BCUT2D eigenvalue weighted by Gasteiger charge is 2.56. The fourth-order valence-electron chi connectivity index (χ4n) is 4.63. The van der Waals surface area contributed by atoms with Gasteiger partial charge in [-0.25, -0.2) is 9.10 Å². The largest absolute Gasteiger partial charge is 0.459 e. The van der Waals surface area contributed by atoms with Crippen LogP contribution in [-0.2, 0) is 25.7 Å². The van der Waals surface area contributed by atoms with Crippen LogP contribution < -0.4 is 5.32 Å². The number of nitrogens with zero attached hydrogens (tertiary/aromatic N) is 2. The van der Waals surface area contributed by atoms with E-state index in [2.05, 4.69) is 36.2 Å². The zero-order valence-corrected chi connectivity index (χ0v) is 23.2. The molecule has 1 saturated heterocycles. The van der Waals surface area contributed by atoms with Gasteiger partial charge in [-0.05, 0) is 59.3 Å². The lowest BCUT2D eigenvalue weighted by atomic mass is 9.99. The molecule has 3 unspecified atom stereocenters. The summed E-state index contributed by atoms with van der Waals surface area (Å²) in [5.74, 6) is -2.78.